The lowest BCUT2D eigenvalue weighted by molar-refractivity contribution is -0.142. The molecule has 5 aromatic rings. The van der Waals surface area contributed by atoms with Gasteiger partial charge in [0.25, 0.3) is 5.91 Å². The molecular formula is C33H29N5O4S3. The largest absolute Gasteiger partial charge is 0.466 e. The number of hydrogen-bond acceptors (Lipinski definition) is 9. The van der Waals surface area contributed by atoms with Crippen LogP contribution in [-0.4, -0.2) is 38.0 Å². The SMILES string of the molecule is CCOC(=O)Cc1csc(NC(=O)c2csc(Cn3cc(C4c5ccc(C)cc5C=Cc5cc(C)ccc54)c(=S)[nH]c3=O)n2)n1. The molecule has 3 aromatic heterocycles. The Morgan fingerprint density at radius 3 is 2.36 bits per heavy atom. The summed E-state index contributed by atoms with van der Waals surface area (Å²) < 4.78 is 6.88. The molecule has 6 rings (SSSR count). The van der Waals surface area contributed by atoms with E-state index in [-0.39, 0.29) is 36.2 Å². The van der Waals surface area contributed by atoms with Crippen LogP contribution in [0.1, 0.15) is 73.0 Å². The van der Waals surface area contributed by atoms with Gasteiger partial charge in [0.15, 0.2) is 5.13 Å². The predicted octanol–water partition coefficient (Wildman–Crippen LogP) is 6.51. The molecule has 0 spiro atoms. The van der Waals surface area contributed by atoms with Crippen molar-refractivity contribution in [2.24, 2.45) is 0 Å². The van der Waals surface area contributed by atoms with Crippen LogP contribution in [-0.2, 0) is 22.5 Å². The number of aryl methyl sites for hydroxylation is 2. The van der Waals surface area contributed by atoms with E-state index in [1.807, 2.05) is 6.20 Å². The molecule has 2 N–H and O–H groups in total. The van der Waals surface area contributed by atoms with Crippen LogP contribution in [0.25, 0.3) is 12.2 Å². The maximum absolute atomic E-state index is 13.1. The first-order chi connectivity index (χ1) is 21.7. The van der Waals surface area contributed by atoms with Gasteiger partial charge in [0.05, 0.1) is 25.3 Å². The van der Waals surface area contributed by atoms with Gasteiger partial charge in [-0.15, -0.1) is 22.7 Å². The van der Waals surface area contributed by atoms with Crippen molar-refractivity contribution in [3.8, 4) is 0 Å². The molecule has 3 heterocycles. The van der Waals surface area contributed by atoms with E-state index >= 15 is 0 Å². The van der Waals surface area contributed by atoms with Crippen molar-refractivity contribution in [1.82, 2.24) is 19.5 Å². The zero-order chi connectivity index (χ0) is 31.7. The number of amides is 1. The van der Waals surface area contributed by atoms with E-state index in [0.717, 1.165) is 38.9 Å². The smallest absolute Gasteiger partial charge is 0.326 e. The Balaban J connectivity index is 1.27. The Labute approximate surface area is 272 Å². The molecule has 1 amide bonds. The maximum Gasteiger partial charge on any atom is 0.326 e. The number of carbonyl (C=O) groups excluding carboxylic acids is 2. The number of thiazole rings is 2. The fraction of sp³-hybridized carbons (Fsp3) is 0.212. The summed E-state index contributed by atoms with van der Waals surface area (Å²) in [6.07, 6.45) is 6.12. The number of rotatable bonds is 8. The van der Waals surface area contributed by atoms with Crippen molar-refractivity contribution in [3.63, 3.8) is 0 Å². The lowest BCUT2D eigenvalue weighted by atomic mass is 9.83. The number of benzene rings is 2. The van der Waals surface area contributed by atoms with Gasteiger partial charge in [-0.1, -0.05) is 71.9 Å². The number of carbonyl (C=O) groups is 2. The molecule has 2 aromatic carbocycles. The summed E-state index contributed by atoms with van der Waals surface area (Å²) in [6.45, 7) is 6.33. The van der Waals surface area contributed by atoms with Crippen molar-refractivity contribution in [2.75, 3.05) is 11.9 Å². The summed E-state index contributed by atoms with van der Waals surface area (Å²) in [4.78, 5) is 49.4. The Kier molecular flexibility index (Phi) is 8.70. The third kappa shape index (κ3) is 6.63. The number of anilines is 1. The number of H-pyrrole nitrogens is 1. The van der Waals surface area contributed by atoms with Crippen LogP contribution in [0.15, 0.2) is 58.1 Å². The first-order valence-electron chi connectivity index (χ1n) is 14.3. The van der Waals surface area contributed by atoms with Crippen molar-refractivity contribution < 1.29 is 14.3 Å². The molecular weight excluding hydrogens is 627 g/mol. The van der Waals surface area contributed by atoms with Gasteiger partial charge in [-0.2, -0.15) is 0 Å². The highest BCUT2D eigenvalue weighted by Gasteiger charge is 2.26. The first-order valence-corrected chi connectivity index (χ1v) is 16.4. The molecule has 0 atom stereocenters. The van der Waals surface area contributed by atoms with Gasteiger partial charge >= 0.3 is 11.7 Å². The van der Waals surface area contributed by atoms with E-state index in [1.54, 1.807) is 22.3 Å². The summed E-state index contributed by atoms with van der Waals surface area (Å²) in [6, 6.07) is 12.8. The van der Waals surface area contributed by atoms with Gasteiger partial charge in [0, 0.05) is 28.4 Å². The minimum absolute atomic E-state index is 0.0335. The highest BCUT2D eigenvalue weighted by molar-refractivity contribution is 7.71. The third-order valence-electron chi connectivity index (χ3n) is 7.39. The number of aromatic amines is 1. The number of hydrogen-bond donors (Lipinski definition) is 2. The van der Waals surface area contributed by atoms with Crippen LogP contribution in [0.2, 0.25) is 0 Å². The second kappa shape index (κ2) is 12.8. The fourth-order valence-corrected chi connectivity index (χ4v) is 7.07. The minimum atomic E-state index is -0.431. The average molecular weight is 656 g/mol. The molecule has 228 valence electrons. The lowest BCUT2D eigenvalue weighted by Crippen LogP contribution is -2.25. The minimum Gasteiger partial charge on any atom is -0.466 e. The second-order valence-electron chi connectivity index (χ2n) is 10.7. The molecule has 0 unspecified atom stereocenters. The summed E-state index contributed by atoms with van der Waals surface area (Å²) in [5, 5.41) is 7.01. The zero-order valence-corrected chi connectivity index (χ0v) is 27.2. The van der Waals surface area contributed by atoms with Crippen LogP contribution in [0.3, 0.4) is 0 Å². The molecule has 0 fully saturated rings. The van der Waals surface area contributed by atoms with Gasteiger partial charge in [0.2, 0.25) is 0 Å². The van der Waals surface area contributed by atoms with Gasteiger partial charge in [-0.05, 0) is 43.0 Å². The monoisotopic (exact) mass is 655 g/mol. The number of nitrogens with zero attached hydrogens (tertiary/aromatic N) is 3. The van der Waals surface area contributed by atoms with Crippen molar-refractivity contribution in [3.05, 3.63) is 124 Å². The van der Waals surface area contributed by atoms with E-state index in [2.05, 4.69) is 82.7 Å². The normalized spacial score (nSPS) is 12.3. The second-order valence-corrected chi connectivity index (χ2v) is 12.9. The number of nitrogens with one attached hydrogen (secondary N) is 2. The van der Waals surface area contributed by atoms with Gasteiger partial charge in [-0.3, -0.25) is 24.5 Å². The molecule has 0 bridgehead atoms. The highest BCUT2D eigenvalue weighted by atomic mass is 32.1. The Bertz CT molecular complexity index is 2030. The van der Waals surface area contributed by atoms with Gasteiger partial charge in [0.1, 0.15) is 15.3 Å². The summed E-state index contributed by atoms with van der Waals surface area (Å²) >= 11 is 8.25. The lowest BCUT2D eigenvalue weighted by Gasteiger charge is -2.22. The maximum atomic E-state index is 13.1. The Morgan fingerprint density at radius 2 is 1.69 bits per heavy atom. The molecule has 45 heavy (non-hydrogen) atoms. The summed E-state index contributed by atoms with van der Waals surface area (Å²) in [5.74, 6) is -1.01. The topological polar surface area (TPSA) is 119 Å². The van der Waals surface area contributed by atoms with Crippen LogP contribution >= 0.6 is 34.9 Å². The summed E-state index contributed by atoms with van der Waals surface area (Å²) in [5.41, 5.74) is 7.89. The molecule has 0 saturated carbocycles. The van der Waals surface area contributed by atoms with Crippen LogP contribution in [0.4, 0.5) is 5.13 Å². The van der Waals surface area contributed by atoms with Crippen LogP contribution in [0, 0.1) is 18.5 Å². The van der Waals surface area contributed by atoms with E-state index in [9.17, 15) is 14.4 Å². The number of aromatic nitrogens is 4. The van der Waals surface area contributed by atoms with Gasteiger partial charge in [-0.25, -0.2) is 14.8 Å². The number of esters is 1. The van der Waals surface area contributed by atoms with E-state index < -0.39 is 5.91 Å². The number of ether oxygens (including phenoxy) is 1. The quantitative estimate of drug-likeness (QED) is 0.142. The predicted molar refractivity (Wildman–Crippen MR) is 180 cm³/mol. The van der Waals surface area contributed by atoms with Crippen molar-refractivity contribution >= 4 is 64.1 Å². The van der Waals surface area contributed by atoms with E-state index in [1.165, 1.54) is 22.7 Å². The average Bonchev–Trinajstić information content (AvgIpc) is 3.62. The molecule has 9 nitrogen and oxygen atoms in total. The number of fused-ring (bicyclic) bond motifs is 2. The molecule has 0 saturated heterocycles. The first kappa shape index (κ1) is 30.5. The third-order valence-corrected chi connectivity index (χ3v) is 9.37. The standard InChI is InChI=1S/C33H29N5O4S3/c1-4-42-28(39)13-22-16-45-32(34-22)36-30(40)26-17-44-27(35-26)15-38-14-25(31(43)37-33(38)41)29-23-9-5-18(2)11-20(23)7-8-21-12-19(3)6-10-24(21)29/h5-12,14,16-17,29H,4,13,15H2,1-3H3,(H,34,36,40)(H,37,41,43). The molecule has 0 aliphatic heterocycles. The molecule has 1 aliphatic carbocycles. The highest BCUT2D eigenvalue weighted by Crippen LogP contribution is 2.40. The summed E-state index contributed by atoms with van der Waals surface area (Å²) in [7, 11) is 0. The van der Waals surface area contributed by atoms with Gasteiger partial charge < -0.3 is 4.74 Å². The fourth-order valence-electron chi connectivity index (χ4n) is 5.33. The zero-order valence-electron chi connectivity index (χ0n) is 24.7. The van der Waals surface area contributed by atoms with Crippen LogP contribution < -0.4 is 11.0 Å². The molecule has 1 aliphatic rings. The Hall–Kier alpha value is -4.52. The van der Waals surface area contributed by atoms with Crippen molar-refractivity contribution in [1.29, 1.82) is 0 Å². The Morgan fingerprint density at radius 1 is 1.00 bits per heavy atom. The van der Waals surface area contributed by atoms with E-state index in [4.69, 9.17) is 17.0 Å². The van der Waals surface area contributed by atoms with E-state index in [0.29, 0.717) is 27.1 Å². The molecule has 0 radical (unpaired) electrons. The van der Waals surface area contributed by atoms with Crippen molar-refractivity contribution in [2.45, 2.75) is 39.7 Å². The molecule has 12 heteroatoms. The van der Waals surface area contributed by atoms with Crippen LogP contribution in [0.5, 0.6) is 0 Å².